The molecular weight excluding hydrogens is 318 g/mol. The van der Waals surface area contributed by atoms with Crippen molar-refractivity contribution in [2.24, 2.45) is 35.5 Å². The molecule has 0 heterocycles. The maximum absolute atomic E-state index is 14.8. The molecule has 0 saturated heterocycles. The summed E-state index contributed by atoms with van der Waals surface area (Å²) >= 11 is 0. The van der Waals surface area contributed by atoms with Gasteiger partial charge in [0, 0.05) is 13.7 Å². The molecule has 25 heavy (non-hydrogen) atoms. The van der Waals surface area contributed by atoms with Gasteiger partial charge in [-0.1, -0.05) is 19.8 Å². The van der Waals surface area contributed by atoms with Crippen LogP contribution in [0.5, 0.6) is 0 Å². The van der Waals surface area contributed by atoms with Gasteiger partial charge in [0.1, 0.15) is 12.3 Å². The van der Waals surface area contributed by atoms with Crippen LogP contribution in [0.2, 0.25) is 0 Å². The second kappa shape index (κ2) is 9.15. The third-order valence-electron chi connectivity index (χ3n) is 7.88. The Labute approximate surface area is 153 Å². The zero-order chi connectivity index (χ0) is 17.8. The number of halogens is 2. The Morgan fingerprint density at radius 3 is 1.88 bits per heavy atom. The molecule has 3 rings (SSSR count). The van der Waals surface area contributed by atoms with Crippen molar-refractivity contribution < 1.29 is 13.5 Å². The highest BCUT2D eigenvalue weighted by molar-refractivity contribution is 4.93. The monoisotopic (exact) mass is 356 g/mol. The molecule has 4 atom stereocenters. The van der Waals surface area contributed by atoms with Gasteiger partial charge in [0.05, 0.1) is 0 Å². The number of hydrogen-bond acceptors (Lipinski definition) is 1. The summed E-state index contributed by atoms with van der Waals surface area (Å²) in [5, 5.41) is 0. The van der Waals surface area contributed by atoms with Crippen LogP contribution < -0.4 is 0 Å². The number of alkyl halides is 2. The van der Waals surface area contributed by atoms with Crippen LogP contribution in [0.15, 0.2) is 0 Å². The molecule has 3 heteroatoms. The molecule has 4 unspecified atom stereocenters. The van der Waals surface area contributed by atoms with Gasteiger partial charge >= 0.3 is 0 Å². The van der Waals surface area contributed by atoms with Crippen molar-refractivity contribution in [1.29, 1.82) is 0 Å². The minimum Gasteiger partial charge on any atom is -0.385 e. The van der Waals surface area contributed by atoms with Crippen molar-refractivity contribution in [3.8, 4) is 0 Å². The smallest absolute Gasteiger partial charge is 0.134 e. The second-order valence-electron chi connectivity index (χ2n) is 9.37. The highest BCUT2D eigenvalue weighted by Gasteiger charge is 2.44. The first kappa shape index (κ1) is 19.6. The summed E-state index contributed by atoms with van der Waals surface area (Å²) < 4.78 is 34.4. The number of hydrogen-bond donors (Lipinski definition) is 0. The van der Waals surface area contributed by atoms with E-state index in [1.807, 2.05) is 0 Å². The highest BCUT2D eigenvalue weighted by atomic mass is 19.2. The molecule has 1 nitrogen and oxygen atoms in total. The van der Waals surface area contributed by atoms with Crippen molar-refractivity contribution in [2.45, 2.75) is 89.9 Å². The van der Waals surface area contributed by atoms with Crippen LogP contribution in [0.3, 0.4) is 0 Å². The third kappa shape index (κ3) is 4.76. The van der Waals surface area contributed by atoms with Crippen LogP contribution in [-0.4, -0.2) is 26.1 Å². The average molecular weight is 357 g/mol. The zero-order valence-electron chi connectivity index (χ0n) is 16.3. The van der Waals surface area contributed by atoms with Crippen molar-refractivity contribution in [3.05, 3.63) is 0 Å². The molecule has 0 radical (unpaired) electrons. The maximum atomic E-state index is 14.8. The van der Waals surface area contributed by atoms with Crippen molar-refractivity contribution >= 4 is 0 Å². The van der Waals surface area contributed by atoms with E-state index in [-0.39, 0.29) is 11.8 Å². The lowest BCUT2D eigenvalue weighted by atomic mass is 9.64. The Morgan fingerprint density at radius 2 is 1.28 bits per heavy atom. The van der Waals surface area contributed by atoms with Gasteiger partial charge in [0.25, 0.3) is 0 Å². The van der Waals surface area contributed by atoms with E-state index < -0.39 is 12.3 Å². The normalized spacial score (nSPS) is 46.1. The van der Waals surface area contributed by atoms with Gasteiger partial charge in [-0.05, 0) is 93.3 Å². The molecule has 0 aliphatic heterocycles. The summed E-state index contributed by atoms with van der Waals surface area (Å²) in [6.07, 6.45) is 10.3. The molecule has 0 aromatic rings. The van der Waals surface area contributed by atoms with Gasteiger partial charge in [-0.15, -0.1) is 0 Å². The van der Waals surface area contributed by atoms with E-state index >= 15 is 0 Å². The number of methoxy groups -OCH3 is 1. The van der Waals surface area contributed by atoms with E-state index in [4.69, 9.17) is 4.74 Å². The largest absolute Gasteiger partial charge is 0.385 e. The fourth-order valence-electron chi connectivity index (χ4n) is 6.09. The van der Waals surface area contributed by atoms with Gasteiger partial charge < -0.3 is 4.74 Å². The molecular formula is C22H38F2O. The Bertz CT molecular complexity index is 385. The molecule has 146 valence electrons. The summed E-state index contributed by atoms with van der Waals surface area (Å²) in [6, 6.07) is 0. The predicted octanol–water partition coefficient (Wildman–Crippen LogP) is 6.36. The lowest BCUT2D eigenvalue weighted by molar-refractivity contribution is -0.0222. The summed E-state index contributed by atoms with van der Waals surface area (Å²) in [7, 11) is 1.64. The van der Waals surface area contributed by atoms with E-state index in [1.165, 1.54) is 38.5 Å². The Morgan fingerprint density at radius 1 is 0.720 bits per heavy atom. The molecule has 0 bridgehead atoms. The lowest BCUT2D eigenvalue weighted by Crippen LogP contribution is -2.42. The van der Waals surface area contributed by atoms with Crippen LogP contribution in [0, 0.1) is 35.5 Å². The predicted molar refractivity (Wildman–Crippen MR) is 99.1 cm³/mol. The van der Waals surface area contributed by atoms with E-state index in [0.717, 1.165) is 43.4 Å². The first-order valence-electron chi connectivity index (χ1n) is 10.9. The quantitative estimate of drug-likeness (QED) is 0.557. The van der Waals surface area contributed by atoms with Crippen LogP contribution in [-0.2, 0) is 4.74 Å². The van der Waals surface area contributed by atoms with Crippen molar-refractivity contribution in [3.63, 3.8) is 0 Å². The molecule has 3 fully saturated rings. The Kier molecular flexibility index (Phi) is 7.17. The minimum atomic E-state index is -1.27. The molecule has 3 aliphatic carbocycles. The molecule has 3 aliphatic rings. The maximum Gasteiger partial charge on any atom is 0.134 e. The summed E-state index contributed by atoms with van der Waals surface area (Å²) in [6.45, 7) is 2.93. The van der Waals surface area contributed by atoms with Crippen molar-refractivity contribution in [1.82, 2.24) is 0 Å². The standard InChI is InChI=1S/C22H38F2O/c1-15-3-5-16(6-4-15)17-7-9-18(10-8-17)20-12-11-19(13-14-25-2)21(23)22(20)24/h15-22H,3-14H2,1-2H3. The number of ether oxygens (including phenoxy) is 1. The molecule has 3 saturated carbocycles. The fraction of sp³-hybridized carbons (Fsp3) is 1.00. The highest BCUT2D eigenvalue weighted by Crippen LogP contribution is 2.47. The summed E-state index contributed by atoms with van der Waals surface area (Å²) in [5.74, 6) is 2.95. The SMILES string of the molecule is COCCC1CCC(C2CCC(C3CCC(C)CC3)CC2)C(F)C1F. The van der Waals surface area contributed by atoms with Gasteiger partial charge in [0.2, 0.25) is 0 Å². The molecule has 0 aromatic carbocycles. The van der Waals surface area contributed by atoms with E-state index in [0.29, 0.717) is 18.9 Å². The van der Waals surface area contributed by atoms with Gasteiger partial charge in [-0.2, -0.15) is 0 Å². The summed E-state index contributed by atoms with van der Waals surface area (Å²) in [5.41, 5.74) is 0. The molecule has 0 aromatic heterocycles. The Hall–Kier alpha value is -0.180. The summed E-state index contributed by atoms with van der Waals surface area (Å²) in [4.78, 5) is 0. The van der Waals surface area contributed by atoms with Gasteiger partial charge in [-0.3, -0.25) is 0 Å². The molecule has 0 N–H and O–H groups in total. The molecule has 0 amide bonds. The van der Waals surface area contributed by atoms with Crippen molar-refractivity contribution in [2.75, 3.05) is 13.7 Å². The average Bonchev–Trinajstić information content (AvgIpc) is 2.64. The molecule has 0 spiro atoms. The lowest BCUT2D eigenvalue weighted by Gasteiger charge is -2.43. The first-order chi connectivity index (χ1) is 12.1. The number of rotatable bonds is 5. The topological polar surface area (TPSA) is 9.23 Å². The third-order valence-corrected chi connectivity index (χ3v) is 7.88. The van der Waals surface area contributed by atoms with E-state index in [2.05, 4.69) is 6.92 Å². The minimum absolute atomic E-state index is 0.0267. The Balaban J connectivity index is 1.46. The zero-order valence-corrected chi connectivity index (χ0v) is 16.3. The fourth-order valence-corrected chi connectivity index (χ4v) is 6.09. The first-order valence-corrected chi connectivity index (χ1v) is 10.9. The van der Waals surface area contributed by atoms with Gasteiger partial charge in [-0.25, -0.2) is 8.78 Å². The van der Waals surface area contributed by atoms with Crippen LogP contribution in [0.4, 0.5) is 8.78 Å². The van der Waals surface area contributed by atoms with E-state index in [9.17, 15) is 8.78 Å². The van der Waals surface area contributed by atoms with Crippen LogP contribution >= 0.6 is 0 Å². The second-order valence-corrected chi connectivity index (χ2v) is 9.37. The van der Waals surface area contributed by atoms with Gasteiger partial charge in [0.15, 0.2) is 0 Å². The van der Waals surface area contributed by atoms with Crippen LogP contribution in [0.25, 0.3) is 0 Å². The van der Waals surface area contributed by atoms with Crippen LogP contribution in [0.1, 0.15) is 77.6 Å². The van der Waals surface area contributed by atoms with E-state index in [1.54, 1.807) is 7.11 Å².